The van der Waals surface area contributed by atoms with E-state index in [1.165, 1.54) is 37.9 Å². The van der Waals surface area contributed by atoms with Crippen molar-refractivity contribution in [2.75, 3.05) is 20.2 Å². The van der Waals surface area contributed by atoms with Gasteiger partial charge in [-0.25, -0.2) is 4.68 Å². The van der Waals surface area contributed by atoms with E-state index in [9.17, 15) is 0 Å². The molecule has 5 nitrogen and oxygen atoms in total. The lowest BCUT2D eigenvalue weighted by Crippen LogP contribution is -2.32. The van der Waals surface area contributed by atoms with Gasteiger partial charge in [0.05, 0.1) is 7.11 Å². The molecule has 0 unspecified atom stereocenters. The van der Waals surface area contributed by atoms with Crippen molar-refractivity contribution in [2.24, 2.45) is 7.05 Å². The fraction of sp³-hybridized carbons (Fsp3) is 0.529. The summed E-state index contributed by atoms with van der Waals surface area (Å²) in [4.78, 5) is 6.95. The van der Waals surface area contributed by atoms with E-state index in [1.54, 1.807) is 11.8 Å². The lowest BCUT2D eigenvalue weighted by atomic mass is 10.0. The fourth-order valence-corrected chi connectivity index (χ4v) is 3.10. The molecule has 5 heteroatoms. The monoisotopic (exact) mass is 300 g/mol. The number of hydrogen-bond donors (Lipinski definition) is 0. The third-order valence-electron chi connectivity index (χ3n) is 4.50. The van der Waals surface area contributed by atoms with Crippen molar-refractivity contribution in [1.29, 1.82) is 0 Å². The summed E-state index contributed by atoms with van der Waals surface area (Å²) in [6.07, 6.45) is 4.01. The van der Waals surface area contributed by atoms with Crippen LogP contribution in [-0.4, -0.2) is 39.9 Å². The van der Waals surface area contributed by atoms with Gasteiger partial charge in [0, 0.05) is 18.7 Å². The maximum absolute atomic E-state index is 5.17. The highest BCUT2D eigenvalue weighted by molar-refractivity contribution is 5.55. The van der Waals surface area contributed by atoms with Crippen molar-refractivity contribution in [3.05, 3.63) is 29.8 Å². The van der Waals surface area contributed by atoms with Gasteiger partial charge in [0.15, 0.2) is 5.82 Å². The Morgan fingerprint density at radius 3 is 2.36 bits per heavy atom. The molecule has 1 saturated heterocycles. The molecule has 3 rings (SSSR count). The third kappa shape index (κ3) is 2.99. The first-order chi connectivity index (χ1) is 10.7. The first kappa shape index (κ1) is 15.0. The van der Waals surface area contributed by atoms with Crippen molar-refractivity contribution in [3.8, 4) is 17.4 Å². The average Bonchev–Trinajstić information content (AvgIpc) is 2.96. The zero-order valence-electron chi connectivity index (χ0n) is 13.6. The van der Waals surface area contributed by atoms with Gasteiger partial charge in [-0.3, -0.25) is 4.90 Å². The van der Waals surface area contributed by atoms with Crippen LogP contribution in [-0.2, 0) is 7.05 Å². The van der Waals surface area contributed by atoms with E-state index in [0.29, 0.717) is 17.9 Å². The predicted octanol–water partition coefficient (Wildman–Crippen LogP) is 3.04. The number of ether oxygens (including phenoxy) is 1. The molecule has 0 amide bonds. The predicted molar refractivity (Wildman–Crippen MR) is 86.8 cm³/mol. The summed E-state index contributed by atoms with van der Waals surface area (Å²) >= 11 is 0. The lowest BCUT2D eigenvalue weighted by Gasteiger charge is -2.32. The topological polar surface area (TPSA) is 43.2 Å². The highest BCUT2D eigenvalue weighted by Crippen LogP contribution is 2.26. The quantitative estimate of drug-likeness (QED) is 0.870. The number of aromatic nitrogens is 3. The molecule has 0 radical (unpaired) electrons. The maximum Gasteiger partial charge on any atom is 0.314 e. The van der Waals surface area contributed by atoms with Crippen molar-refractivity contribution < 1.29 is 4.74 Å². The van der Waals surface area contributed by atoms with Gasteiger partial charge in [0.1, 0.15) is 0 Å². The number of aryl methyl sites for hydroxylation is 1. The van der Waals surface area contributed by atoms with Crippen LogP contribution in [0.25, 0.3) is 11.4 Å². The Labute approximate surface area is 131 Å². The van der Waals surface area contributed by atoms with E-state index in [-0.39, 0.29) is 0 Å². The number of piperidine rings is 1. The van der Waals surface area contributed by atoms with Crippen LogP contribution in [0.1, 0.15) is 37.8 Å². The first-order valence-electron chi connectivity index (χ1n) is 7.98. The summed E-state index contributed by atoms with van der Waals surface area (Å²) < 4.78 is 6.82. The lowest BCUT2D eigenvalue weighted by molar-refractivity contribution is 0.175. The van der Waals surface area contributed by atoms with Gasteiger partial charge in [0.25, 0.3) is 0 Å². The van der Waals surface area contributed by atoms with E-state index >= 15 is 0 Å². The normalized spacial score (nSPS) is 17.4. The summed E-state index contributed by atoms with van der Waals surface area (Å²) in [5.41, 5.74) is 2.38. The molecular formula is C17H24N4O. The smallest absolute Gasteiger partial charge is 0.314 e. The number of rotatable bonds is 4. The summed E-state index contributed by atoms with van der Waals surface area (Å²) in [7, 11) is 3.44. The van der Waals surface area contributed by atoms with Gasteiger partial charge in [-0.05, 0) is 38.4 Å². The standard InChI is InChI=1S/C17H24N4O/c1-13(21-11-5-4-6-12-21)14-7-9-15(10-8-14)16-18-17(22-3)20(2)19-16/h7-10,13H,4-6,11-12H2,1-3H3/t13-/m0/s1. The minimum atomic E-state index is 0.473. The number of nitrogens with zero attached hydrogens (tertiary/aromatic N) is 4. The number of hydrogen-bond acceptors (Lipinski definition) is 4. The second-order valence-corrected chi connectivity index (χ2v) is 5.94. The molecule has 1 atom stereocenters. The zero-order valence-corrected chi connectivity index (χ0v) is 13.6. The van der Waals surface area contributed by atoms with E-state index in [0.717, 1.165) is 5.56 Å². The van der Waals surface area contributed by atoms with Crippen LogP contribution >= 0.6 is 0 Å². The minimum Gasteiger partial charge on any atom is -0.467 e. The van der Waals surface area contributed by atoms with E-state index < -0.39 is 0 Å². The summed E-state index contributed by atoms with van der Waals surface area (Å²) in [5.74, 6) is 0.705. The molecule has 0 aliphatic carbocycles. The Hall–Kier alpha value is -1.88. The van der Waals surface area contributed by atoms with Crippen LogP contribution in [0.4, 0.5) is 0 Å². The van der Waals surface area contributed by atoms with Gasteiger partial charge in [0.2, 0.25) is 0 Å². The Morgan fingerprint density at radius 2 is 1.77 bits per heavy atom. The van der Waals surface area contributed by atoms with Crippen LogP contribution < -0.4 is 4.74 Å². The number of benzene rings is 1. The van der Waals surface area contributed by atoms with Crippen LogP contribution in [0, 0.1) is 0 Å². The van der Waals surface area contributed by atoms with Gasteiger partial charge in [-0.1, -0.05) is 30.7 Å². The highest BCUT2D eigenvalue weighted by atomic mass is 16.5. The zero-order chi connectivity index (χ0) is 15.5. The molecular weight excluding hydrogens is 276 g/mol. The second kappa shape index (κ2) is 6.48. The largest absolute Gasteiger partial charge is 0.467 e. The molecule has 1 fully saturated rings. The van der Waals surface area contributed by atoms with E-state index in [2.05, 4.69) is 46.2 Å². The molecule has 1 aromatic carbocycles. The van der Waals surface area contributed by atoms with E-state index in [1.807, 2.05) is 7.05 Å². The maximum atomic E-state index is 5.17. The van der Waals surface area contributed by atoms with Gasteiger partial charge in [-0.15, -0.1) is 5.10 Å². The van der Waals surface area contributed by atoms with Crippen LogP contribution in [0.15, 0.2) is 24.3 Å². The molecule has 0 spiro atoms. The molecule has 0 N–H and O–H groups in total. The Balaban J connectivity index is 1.76. The minimum absolute atomic E-state index is 0.473. The molecule has 2 aromatic rings. The highest BCUT2D eigenvalue weighted by Gasteiger charge is 2.18. The number of likely N-dealkylation sites (tertiary alicyclic amines) is 1. The van der Waals surface area contributed by atoms with Crippen LogP contribution in [0.3, 0.4) is 0 Å². The fourth-order valence-electron chi connectivity index (χ4n) is 3.10. The first-order valence-corrected chi connectivity index (χ1v) is 7.98. The molecule has 0 saturated carbocycles. The Bertz CT molecular complexity index is 614. The molecule has 1 aromatic heterocycles. The van der Waals surface area contributed by atoms with Crippen molar-refractivity contribution in [3.63, 3.8) is 0 Å². The molecule has 2 heterocycles. The van der Waals surface area contributed by atoms with Gasteiger partial charge >= 0.3 is 6.01 Å². The van der Waals surface area contributed by atoms with E-state index in [4.69, 9.17) is 4.74 Å². The Kier molecular flexibility index (Phi) is 4.43. The number of methoxy groups -OCH3 is 1. The summed E-state index contributed by atoms with van der Waals surface area (Å²) in [5, 5.41) is 4.39. The Morgan fingerprint density at radius 1 is 1.09 bits per heavy atom. The van der Waals surface area contributed by atoms with Crippen molar-refractivity contribution >= 4 is 0 Å². The second-order valence-electron chi connectivity index (χ2n) is 5.94. The molecule has 22 heavy (non-hydrogen) atoms. The SMILES string of the molecule is COc1nc(-c2ccc([C@H](C)N3CCCCC3)cc2)nn1C. The summed E-state index contributed by atoms with van der Waals surface area (Å²) in [6, 6.07) is 9.59. The molecule has 1 aliphatic rings. The summed E-state index contributed by atoms with van der Waals surface area (Å²) in [6.45, 7) is 4.71. The van der Waals surface area contributed by atoms with Crippen LogP contribution in [0.5, 0.6) is 6.01 Å². The van der Waals surface area contributed by atoms with Gasteiger partial charge in [-0.2, -0.15) is 4.98 Å². The molecule has 0 bridgehead atoms. The third-order valence-corrected chi connectivity index (χ3v) is 4.50. The van der Waals surface area contributed by atoms with Crippen molar-refractivity contribution in [1.82, 2.24) is 19.7 Å². The van der Waals surface area contributed by atoms with Gasteiger partial charge < -0.3 is 4.74 Å². The molecule has 1 aliphatic heterocycles. The van der Waals surface area contributed by atoms with Crippen LogP contribution in [0.2, 0.25) is 0 Å². The molecule has 118 valence electrons. The van der Waals surface area contributed by atoms with Crippen molar-refractivity contribution in [2.45, 2.75) is 32.2 Å². The average molecular weight is 300 g/mol.